The second-order valence-electron chi connectivity index (χ2n) is 4.08. The van der Waals surface area contributed by atoms with Crippen LogP contribution in [-0.4, -0.2) is 32.2 Å². The molecule has 7 heteroatoms. The largest absolute Gasteiger partial charge is 0.352 e. The minimum absolute atomic E-state index is 0.145. The molecule has 0 aliphatic carbocycles. The number of rotatable bonds is 5. The number of carbonyl (C=O) groups is 1. The van der Waals surface area contributed by atoms with Crippen molar-refractivity contribution in [1.82, 2.24) is 25.1 Å². The third-order valence-corrected chi connectivity index (χ3v) is 2.57. The summed E-state index contributed by atoms with van der Waals surface area (Å²) in [6, 6.07) is 3.35. The molecule has 0 radical (unpaired) electrons. The Kier molecular flexibility index (Phi) is 4.19. The molecule has 0 atom stereocenters. The van der Waals surface area contributed by atoms with Crippen LogP contribution < -0.4 is 11.1 Å². The Morgan fingerprint density at radius 2 is 2.32 bits per heavy atom. The molecular formula is C12H16N6O. The van der Waals surface area contributed by atoms with Crippen molar-refractivity contribution in [2.24, 2.45) is 12.8 Å². The zero-order valence-corrected chi connectivity index (χ0v) is 10.7. The van der Waals surface area contributed by atoms with Crippen molar-refractivity contribution in [1.29, 1.82) is 0 Å². The first-order valence-electron chi connectivity index (χ1n) is 5.97. The van der Waals surface area contributed by atoms with Gasteiger partial charge in [-0.1, -0.05) is 0 Å². The first-order chi connectivity index (χ1) is 9.19. The summed E-state index contributed by atoms with van der Waals surface area (Å²) < 4.78 is 1.63. The van der Waals surface area contributed by atoms with E-state index >= 15 is 0 Å². The van der Waals surface area contributed by atoms with E-state index in [1.807, 2.05) is 0 Å². The summed E-state index contributed by atoms with van der Waals surface area (Å²) >= 11 is 0. The van der Waals surface area contributed by atoms with Gasteiger partial charge in [0.2, 0.25) is 0 Å². The molecule has 0 spiro atoms. The molecule has 2 aromatic heterocycles. The van der Waals surface area contributed by atoms with Gasteiger partial charge in [0.15, 0.2) is 5.82 Å². The quantitative estimate of drug-likeness (QED) is 0.765. The highest BCUT2D eigenvalue weighted by Gasteiger charge is 2.06. The molecule has 3 N–H and O–H groups in total. The van der Waals surface area contributed by atoms with Crippen LogP contribution in [0, 0.1) is 0 Å². The van der Waals surface area contributed by atoms with Gasteiger partial charge in [0.1, 0.15) is 6.33 Å². The Hall–Kier alpha value is -2.28. The second-order valence-corrected chi connectivity index (χ2v) is 4.08. The Morgan fingerprint density at radius 3 is 3.00 bits per heavy atom. The topological polar surface area (TPSA) is 98.7 Å². The van der Waals surface area contributed by atoms with Crippen LogP contribution in [0.4, 0.5) is 0 Å². The predicted molar refractivity (Wildman–Crippen MR) is 69.2 cm³/mol. The molecule has 0 saturated heterocycles. The molecule has 0 aliphatic heterocycles. The molecule has 19 heavy (non-hydrogen) atoms. The maximum atomic E-state index is 11.9. The summed E-state index contributed by atoms with van der Waals surface area (Å²) in [6.07, 6.45) is 3.81. The lowest BCUT2D eigenvalue weighted by Crippen LogP contribution is -2.26. The SMILES string of the molecule is Cn1cnc(CCNC(=O)c2ccnc(CN)c2)n1. The van der Waals surface area contributed by atoms with Crippen LogP contribution in [-0.2, 0) is 20.0 Å². The Bertz CT molecular complexity index is 565. The highest BCUT2D eigenvalue weighted by atomic mass is 16.1. The monoisotopic (exact) mass is 260 g/mol. The van der Waals surface area contributed by atoms with E-state index < -0.39 is 0 Å². The normalized spacial score (nSPS) is 10.4. The van der Waals surface area contributed by atoms with Gasteiger partial charge in [-0.05, 0) is 12.1 Å². The summed E-state index contributed by atoms with van der Waals surface area (Å²) in [5.74, 6) is 0.563. The van der Waals surface area contributed by atoms with E-state index in [9.17, 15) is 4.79 Å². The zero-order valence-electron chi connectivity index (χ0n) is 10.7. The van der Waals surface area contributed by atoms with E-state index in [4.69, 9.17) is 5.73 Å². The molecule has 2 heterocycles. The van der Waals surface area contributed by atoms with E-state index in [0.717, 1.165) is 0 Å². The molecule has 0 aliphatic rings. The number of nitrogens with zero attached hydrogens (tertiary/aromatic N) is 4. The fourth-order valence-electron chi connectivity index (χ4n) is 1.62. The van der Waals surface area contributed by atoms with E-state index in [2.05, 4.69) is 20.4 Å². The maximum absolute atomic E-state index is 11.9. The van der Waals surface area contributed by atoms with Gasteiger partial charge >= 0.3 is 0 Å². The number of pyridine rings is 1. The number of hydrogen-bond donors (Lipinski definition) is 2. The van der Waals surface area contributed by atoms with Crippen LogP contribution in [0.5, 0.6) is 0 Å². The number of hydrogen-bond acceptors (Lipinski definition) is 5. The van der Waals surface area contributed by atoms with Crippen molar-refractivity contribution < 1.29 is 4.79 Å². The fourth-order valence-corrected chi connectivity index (χ4v) is 1.62. The van der Waals surface area contributed by atoms with Gasteiger partial charge < -0.3 is 11.1 Å². The van der Waals surface area contributed by atoms with Crippen molar-refractivity contribution >= 4 is 5.91 Å². The zero-order chi connectivity index (χ0) is 13.7. The summed E-state index contributed by atoms with van der Waals surface area (Å²) in [7, 11) is 1.81. The summed E-state index contributed by atoms with van der Waals surface area (Å²) in [4.78, 5) is 20.0. The van der Waals surface area contributed by atoms with Gasteiger partial charge in [0.25, 0.3) is 5.91 Å². The van der Waals surface area contributed by atoms with Crippen LogP contribution in [0.15, 0.2) is 24.7 Å². The summed E-state index contributed by atoms with van der Waals surface area (Å²) in [6.45, 7) is 0.808. The molecule has 0 unspecified atom stereocenters. The average molecular weight is 260 g/mol. The molecule has 100 valence electrons. The number of amides is 1. The maximum Gasteiger partial charge on any atom is 0.251 e. The first kappa shape index (κ1) is 13.2. The minimum atomic E-state index is -0.145. The van der Waals surface area contributed by atoms with Crippen LogP contribution in [0.25, 0.3) is 0 Å². The van der Waals surface area contributed by atoms with Crippen molar-refractivity contribution in [3.63, 3.8) is 0 Å². The number of carbonyl (C=O) groups excluding carboxylic acids is 1. The van der Waals surface area contributed by atoms with Crippen LogP contribution in [0.3, 0.4) is 0 Å². The number of nitrogens with one attached hydrogen (secondary N) is 1. The van der Waals surface area contributed by atoms with E-state index in [-0.39, 0.29) is 5.91 Å². The summed E-state index contributed by atoms with van der Waals surface area (Å²) in [5, 5.41) is 6.95. The van der Waals surface area contributed by atoms with Crippen molar-refractivity contribution in [2.75, 3.05) is 6.54 Å². The predicted octanol–water partition coefficient (Wildman–Crippen LogP) is -0.359. The minimum Gasteiger partial charge on any atom is -0.352 e. The molecule has 0 aromatic carbocycles. The Labute approximate surface area is 110 Å². The number of nitrogens with two attached hydrogens (primary N) is 1. The Morgan fingerprint density at radius 1 is 1.47 bits per heavy atom. The van der Waals surface area contributed by atoms with Crippen molar-refractivity contribution in [3.05, 3.63) is 41.7 Å². The molecule has 0 saturated carbocycles. The number of aryl methyl sites for hydroxylation is 1. The van der Waals surface area contributed by atoms with E-state index in [1.165, 1.54) is 0 Å². The average Bonchev–Trinajstić information content (AvgIpc) is 2.84. The lowest BCUT2D eigenvalue weighted by atomic mass is 10.2. The fraction of sp³-hybridized carbons (Fsp3) is 0.333. The van der Waals surface area contributed by atoms with E-state index in [1.54, 1.807) is 36.4 Å². The van der Waals surface area contributed by atoms with E-state index in [0.29, 0.717) is 36.6 Å². The van der Waals surface area contributed by atoms with Crippen LogP contribution in [0.2, 0.25) is 0 Å². The lowest BCUT2D eigenvalue weighted by Gasteiger charge is -2.04. The van der Waals surface area contributed by atoms with Gasteiger partial charge in [-0.15, -0.1) is 0 Å². The Balaban J connectivity index is 1.87. The molecule has 1 amide bonds. The standard InChI is InChI=1S/C12H16N6O/c1-18-8-16-11(17-18)3-5-15-12(19)9-2-4-14-10(6-9)7-13/h2,4,6,8H,3,5,7,13H2,1H3,(H,15,19). The summed E-state index contributed by atoms with van der Waals surface area (Å²) in [5.41, 5.74) is 6.74. The van der Waals surface area contributed by atoms with Crippen molar-refractivity contribution in [3.8, 4) is 0 Å². The molecular weight excluding hydrogens is 244 g/mol. The van der Waals surface area contributed by atoms with Gasteiger partial charge in [0.05, 0.1) is 5.69 Å². The lowest BCUT2D eigenvalue weighted by molar-refractivity contribution is 0.0954. The number of aromatic nitrogens is 4. The van der Waals surface area contributed by atoms with Gasteiger partial charge in [-0.2, -0.15) is 5.10 Å². The molecule has 7 nitrogen and oxygen atoms in total. The molecule has 0 bridgehead atoms. The van der Waals surface area contributed by atoms with Crippen LogP contribution in [0.1, 0.15) is 21.9 Å². The second kappa shape index (κ2) is 6.05. The van der Waals surface area contributed by atoms with Gasteiger partial charge in [0, 0.05) is 38.3 Å². The van der Waals surface area contributed by atoms with Gasteiger partial charge in [-0.3, -0.25) is 14.5 Å². The van der Waals surface area contributed by atoms with Crippen LogP contribution >= 0.6 is 0 Å². The smallest absolute Gasteiger partial charge is 0.251 e. The van der Waals surface area contributed by atoms with Crippen molar-refractivity contribution in [2.45, 2.75) is 13.0 Å². The molecule has 2 aromatic rings. The molecule has 2 rings (SSSR count). The third kappa shape index (κ3) is 3.59. The first-order valence-corrected chi connectivity index (χ1v) is 5.97. The third-order valence-electron chi connectivity index (χ3n) is 2.57. The highest BCUT2D eigenvalue weighted by molar-refractivity contribution is 5.94. The van der Waals surface area contributed by atoms with Gasteiger partial charge in [-0.25, -0.2) is 4.98 Å². The molecule has 0 fully saturated rings. The highest BCUT2D eigenvalue weighted by Crippen LogP contribution is 2.01.